The number of amides is 4. The second-order valence-corrected chi connectivity index (χ2v) is 4.59. The lowest BCUT2D eigenvalue weighted by atomic mass is 10.1. The average Bonchev–Trinajstić information content (AvgIpc) is 2.31. The Labute approximate surface area is 110 Å². The van der Waals surface area contributed by atoms with Gasteiger partial charge in [0, 0.05) is 5.69 Å². The normalized spacial score (nSPS) is 18.5. The Morgan fingerprint density at radius 2 is 2.05 bits per heavy atom. The van der Waals surface area contributed by atoms with Gasteiger partial charge in [0.15, 0.2) is 0 Å². The van der Waals surface area contributed by atoms with E-state index in [1.807, 2.05) is 26.0 Å². The molecule has 0 spiro atoms. The van der Waals surface area contributed by atoms with Crippen LogP contribution in [0, 0.1) is 13.8 Å². The molecular formula is C13H15N3O3. The molecule has 1 saturated heterocycles. The third-order valence-electron chi connectivity index (χ3n) is 2.90. The van der Waals surface area contributed by atoms with Gasteiger partial charge in [0.05, 0.1) is 6.42 Å². The first kappa shape index (κ1) is 13.1. The fourth-order valence-corrected chi connectivity index (χ4v) is 1.94. The zero-order valence-electron chi connectivity index (χ0n) is 10.7. The summed E-state index contributed by atoms with van der Waals surface area (Å²) in [6.07, 6.45) is -0.0531. The van der Waals surface area contributed by atoms with Crippen LogP contribution in [0.4, 0.5) is 10.5 Å². The zero-order chi connectivity index (χ0) is 14.0. The van der Waals surface area contributed by atoms with Gasteiger partial charge >= 0.3 is 6.03 Å². The van der Waals surface area contributed by atoms with Crippen LogP contribution in [-0.2, 0) is 9.59 Å². The highest BCUT2D eigenvalue weighted by molar-refractivity contribution is 6.05. The van der Waals surface area contributed by atoms with Gasteiger partial charge in [-0.15, -0.1) is 0 Å². The van der Waals surface area contributed by atoms with Crippen molar-refractivity contribution in [2.45, 2.75) is 26.3 Å². The van der Waals surface area contributed by atoms with Gasteiger partial charge in [-0.2, -0.15) is 0 Å². The van der Waals surface area contributed by atoms with E-state index in [0.717, 1.165) is 11.1 Å². The first-order chi connectivity index (χ1) is 8.95. The van der Waals surface area contributed by atoms with E-state index in [0.29, 0.717) is 5.69 Å². The van der Waals surface area contributed by atoms with Gasteiger partial charge < -0.3 is 10.6 Å². The summed E-state index contributed by atoms with van der Waals surface area (Å²) in [6.45, 7) is 3.85. The molecule has 1 aromatic carbocycles. The number of imide groups is 1. The molecule has 0 bridgehead atoms. The molecule has 1 unspecified atom stereocenters. The van der Waals surface area contributed by atoms with Crippen LogP contribution in [0.25, 0.3) is 0 Å². The lowest BCUT2D eigenvalue weighted by molar-refractivity contribution is -0.126. The number of carbonyl (C=O) groups is 3. The van der Waals surface area contributed by atoms with Crippen LogP contribution in [0.1, 0.15) is 17.5 Å². The van der Waals surface area contributed by atoms with E-state index >= 15 is 0 Å². The molecule has 1 heterocycles. The van der Waals surface area contributed by atoms with E-state index in [2.05, 4.69) is 16.0 Å². The minimum absolute atomic E-state index is 0.0531. The molecule has 0 saturated carbocycles. The molecule has 1 aromatic rings. The lowest BCUT2D eigenvalue weighted by Crippen LogP contribution is -2.56. The standard InChI is InChI=1S/C13H15N3O3/c1-7-3-4-9(8(2)5-7)14-12(18)10-6-11(17)16-13(19)15-10/h3-5,10H,6H2,1-2H3,(H,14,18)(H2,15,16,17,19). The Morgan fingerprint density at radius 1 is 1.32 bits per heavy atom. The molecule has 6 heteroatoms. The van der Waals surface area contributed by atoms with Gasteiger partial charge in [0.25, 0.3) is 0 Å². The van der Waals surface area contributed by atoms with Crippen molar-refractivity contribution in [3.8, 4) is 0 Å². The van der Waals surface area contributed by atoms with Gasteiger partial charge in [-0.3, -0.25) is 14.9 Å². The van der Waals surface area contributed by atoms with Crippen molar-refractivity contribution in [2.24, 2.45) is 0 Å². The number of nitrogens with one attached hydrogen (secondary N) is 3. The van der Waals surface area contributed by atoms with Crippen LogP contribution >= 0.6 is 0 Å². The predicted molar refractivity (Wildman–Crippen MR) is 69.6 cm³/mol. The molecule has 4 amide bonds. The highest BCUT2D eigenvalue weighted by atomic mass is 16.2. The minimum Gasteiger partial charge on any atom is -0.325 e. The molecular weight excluding hydrogens is 246 g/mol. The summed E-state index contributed by atoms with van der Waals surface area (Å²) in [5.41, 5.74) is 2.71. The second kappa shape index (κ2) is 5.09. The van der Waals surface area contributed by atoms with Gasteiger partial charge in [0.2, 0.25) is 11.8 Å². The minimum atomic E-state index is -0.832. The first-order valence-electron chi connectivity index (χ1n) is 5.94. The second-order valence-electron chi connectivity index (χ2n) is 4.59. The Hall–Kier alpha value is -2.37. The van der Waals surface area contributed by atoms with Crippen molar-refractivity contribution in [3.63, 3.8) is 0 Å². The smallest absolute Gasteiger partial charge is 0.322 e. The van der Waals surface area contributed by atoms with Crippen molar-refractivity contribution >= 4 is 23.5 Å². The van der Waals surface area contributed by atoms with Crippen molar-refractivity contribution in [2.75, 3.05) is 5.32 Å². The highest BCUT2D eigenvalue weighted by Gasteiger charge is 2.29. The van der Waals surface area contributed by atoms with Crippen molar-refractivity contribution in [3.05, 3.63) is 29.3 Å². The molecule has 0 radical (unpaired) electrons. The van der Waals surface area contributed by atoms with Gasteiger partial charge in [-0.05, 0) is 25.5 Å². The van der Waals surface area contributed by atoms with E-state index < -0.39 is 23.9 Å². The van der Waals surface area contributed by atoms with Crippen LogP contribution in [-0.4, -0.2) is 23.9 Å². The SMILES string of the molecule is Cc1ccc(NC(=O)C2CC(=O)NC(=O)N2)c(C)c1. The number of aryl methyl sites for hydroxylation is 2. The molecule has 1 atom stereocenters. The number of urea groups is 1. The Kier molecular flexibility index (Phi) is 3.50. The summed E-state index contributed by atoms with van der Waals surface area (Å²) in [7, 11) is 0. The fraction of sp³-hybridized carbons (Fsp3) is 0.308. The zero-order valence-corrected chi connectivity index (χ0v) is 10.7. The number of hydrogen-bond donors (Lipinski definition) is 3. The first-order valence-corrected chi connectivity index (χ1v) is 5.94. The maximum Gasteiger partial charge on any atom is 0.322 e. The van der Waals surface area contributed by atoms with Crippen molar-refractivity contribution in [1.82, 2.24) is 10.6 Å². The molecule has 0 aliphatic carbocycles. The van der Waals surface area contributed by atoms with Crippen LogP contribution in [0.5, 0.6) is 0 Å². The molecule has 1 fully saturated rings. The number of rotatable bonds is 2. The molecule has 2 rings (SSSR count). The van der Waals surface area contributed by atoms with E-state index in [4.69, 9.17) is 0 Å². The maximum atomic E-state index is 12.0. The quantitative estimate of drug-likeness (QED) is 0.737. The summed E-state index contributed by atoms with van der Waals surface area (Å²) < 4.78 is 0. The Balaban J connectivity index is 2.08. The number of hydrogen-bond acceptors (Lipinski definition) is 3. The predicted octanol–water partition coefficient (Wildman–Crippen LogP) is 0.840. The summed E-state index contributed by atoms with van der Waals surface area (Å²) in [5.74, 6) is -0.848. The monoisotopic (exact) mass is 261 g/mol. The van der Waals surface area contributed by atoms with Gasteiger partial charge in [-0.25, -0.2) is 4.79 Å². The summed E-state index contributed by atoms with van der Waals surface area (Å²) >= 11 is 0. The largest absolute Gasteiger partial charge is 0.325 e. The van der Waals surface area contributed by atoms with Crippen molar-refractivity contribution < 1.29 is 14.4 Å². The van der Waals surface area contributed by atoms with E-state index in [1.54, 1.807) is 6.07 Å². The molecule has 19 heavy (non-hydrogen) atoms. The van der Waals surface area contributed by atoms with Crippen LogP contribution < -0.4 is 16.0 Å². The summed E-state index contributed by atoms with van der Waals surface area (Å²) in [5, 5.41) is 7.21. The highest BCUT2D eigenvalue weighted by Crippen LogP contribution is 2.16. The molecule has 3 N–H and O–H groups in total. The number of anilines is 1. The maximum absolute atomic E-state index is 12.0. The van der Waals surface area contributed by atoms with Crippen LogP contribution in [0.2, 0.25) is 0 Å². The third kappa shape index (κ3) is 3.09. The Bertz CT molecular complexity index is 538. The molecule has 0 aromatic heterocycles. The van der Waals surface area contributed by atoms with E-state index in [-0.39, 0.29) is 6.42 Å². The molecule has 100 valence electrons. The van der Waals surface area contributed by atoms with E-state index in [1.165, 1.54) is 0 Å². The molecule has 6 nitrogen and oxygen atoms in total. The Morgan fingerprint density at radius 3 is 2.68 bits per heavy atom. The number of benzene rings is 1. The van der Waals surface area contributed by atoms with Gasteiger partial charge in [-0.1, -0.05) is 17.7 Å². The average molecular weight is 261 g/mol. The van der Waals surface area contributed by atoms with Crippen LogP contribution in [0.15, 0.2) is 18.2 Å². The lowest BCUT2D eigenvalue weighted by Gasteiger charge is -2.22. The molecule has 1 aliphatic heterocycles. The van der Waals surface area contributed by atoms with E-state index in [9.17, 15) is 14.4 Å². The number of carbonyl (C=O) groups excluding carboxylic acids is 3. The molecule has 1 aliphatic rings. The summed E-state index contributed by atoms with van der Waals surface area (Å²) in [6, 6.07) is 4.16. The van der Waals surface area contributed by atoms with Crippen molar-refractivity contribution in [1.29, 1.82) is 0 Å². The summed E-state index contributed by atoms with van der Waals surface area (Å²) in [4.78, 5) is 34.3. The fourth-order valence-electron chi connectivity index (χ4n) is 1.94. The third-order valence-corrected chi connectivity index (χ3v) is 2.90. The topological polar surface area (TPSA) is 87.3 Å². The van der Waals surface area contributed by atoms with Crippen LogP contribution in [0.3, 0.4) is 0 Å². The van der Waals surface area contributed by atoms with Gasteiger partial charge in [0.1, 0.15) is 6.04 Å².